The summed E-state index contributed by atoms with van der Waals surface area (Å²) < 4.78 is 60.1. The zero-order valence-electron chi connectivity index (χ0n) is 19.1. The lowest BCUT2D eigenvalue weighted by molar-refractivity contribution is -0.138. The number of benzene rings is 1. The number of anilines is 1. The van der Waals surface area contributed by atoms with Gasteiger partial charge in [-0.25, -0.2) is 4.39 Å². The number of rotatable bonds is 7. The first-order valence-electron chi connectivity index (χ1n) is 10.4. The van der Waals surface area contributed by atoms with Gasteiger partial charge in [-0.3, -0.25) is 14.6 Å². The molecule has 0 aliphatic carbocycles. The van der Waals surface area contributed by atoms with Crippen molar-refractivity contribution in [2.24, 2.45) is 0 Å². The molecule has 1 unspecified atom stereocenters. The second kappa shape index (κ2) is 11.7. The number of pyridine rings is 2. The van der Waals surface area contributed by atoms with Crippen LogP contribution in [0.1, 0.15) is 36.6 Å². The number of H-pyrrole nitrogens is 1. The second-order valence-corrected chi connectivity index (χ2v) is 7.55. The molecule has 0 spiro atoms. The predicted molar refractivity (Wildman–Crippen MR) is 126 cm³/mol. The minimum Gasteiger partial charge on any atom is -0.488 e. The average Bonchev–Trinajstić information content (AvgIpc) is 2.81. The molecule has 0 bridgehead atoms. The largest absolute Gasteiger partial charge is 0.488 e. The number of nitrogens with zero attached hydrogens (tertiary/aromatic N) is 2. The van der Waals surface area contributed by atoms with Gasteiger partial charge >= 0.3 is 6.18 Å². The Kier molecular flexibility index (Phi) is 9.19. The van der Waals surface area contributed by atoms with Crippen molar-refractivity contribution in [3.63, 3.8) is 0 Å². The first kappa shape index (κ1) is 28.3. The molecule has 36 heavy (non-hydrogen) atoms. The Bertz CT molecular complexity index is 1350. The molecule has 1 amide bonds. The molecule has 1 atom stereocenters. The van der Waals surface area contributed by atoms with E-state index in [1.807, 2.05) is 0 Å². The highest BCUT2D eigenvalue weighted by atomic mass is 35.5. The monoisotopic (exact) mass is 524 g/mol. The Morgan fingerprint density at radius 3 is 2.58 bits per heavy atom. The Labute approximate surface area is 209 Å². The lowest BCUT2D eigenvalue weighted by Gasteiger charge is -2.15. The molecule has 0 saturated carbocycles. The Morgan fingerprint density at radius 1 is 1.25 bits per heavy atom. The smallest absolute Gasteiger partial charge is 0.418 e. The molecule has 2 aromatic heterocycles. The number of ether oxygens (including phenoxy) is 1. The maximum absolute atomic E-state index is 14.7. The molecule has 0 saturated heterocycles. The van der Waals surface area contributed by atoms with Crippen LogP contribution in [-0.4, -0.2) is 22.5 Å². The number of aromatic amines is 1. The van der Waals surface area contributed by atoms with Gasteiger partial charge < -0.3 is 15.0 Å². The minimum absolute atomic E-state index is 0. The highest BCUT2D eigenvalue weighted by Gasteiger charge is 2.36. The van der Waals surface area contributed by atoms with Gasteiger partial charge in [0.2, 0.25) is 5.91 Å². The number of alkyl halides is 3. The van der Waals surface area contributed by atoms with Crippen LogP contribution < -0.4 is 15.6 Å². The minimum atomic E-state index is -4.78. The van der Waals surface area contributed by atoms with Crippen molar-refractivity contribution >= 4 is 24.0 Å². The van der Waals surface area contributed by atoms with Crippen LogP contribution in [0.4, 0.5) is 23.2 Å². The molecule has 0 fully saturated rings. The molecule has 12 heteroatoms. The van der Waals surface area contributed by atoms with E-state index in [2.05, 4.69) is 15.3 Å². The molecule has 3 rings (SSSR count). The summed E-state index contributed by atoms with van der Waals surface area (Å²) in [4.78, 5) is 30.3. The Balaban J connectivity index is 0.00000456. The van der Waals surface area contributed by atoms with Crippen molar-refractivity contribution in [1.29, 1.82) is 5.26 Å². The van der Waals surface area contributed by atoms with Crippen LogP contribution in [-0.2, 0) is 17.4 Å². The fourth-order valence-electron chi connectivity index (χ4n) is 3.32. The zero-order valence-corrected chi connectivity index (χ0v) is 19.9. The summed E-state index contributed by atoms with van der Waals surface area (Å²) in [6.07, 6.45) is -2.81. The Morgan fingerprint density at radius 2 is 1.97 bits per heavy atom. The number of hydrogen-bond donors (Lipinski definition) is 2. The lowest BCUT2D eigenvalue weighted by Crippen LogP contribution is -2.18. The van der Waals surface area contributed by atoms with E-state index in [4.69, 9.17) is 10.00 Å². The Hall–Kier alpha value is -3.91. The third kappa shape index (κ3) is 6.60. The van der Waals surface area contributed by atoms with E-state index in [9.17, 15) is 27.2 Å². The molecule has 0 aliphatic heterocycles. The van der Waals surface area contributed by atoms with Gasteiger partial charge in [0.05, 0.1) is 48.2 Å². The van der Waals surface area contributed by atoms with Crippen LogP contribution in [0.25, 0.3) is 11.1 Å². The number of halogens is 5. The molecular formula is C24H21ClF4N4O3. The van der Waals surface area contributed by atoms with Gasteiger partial charge in [-0.05, 0) is 43.2 Å². The third-order valence-electron chi connectivity index (χ3n) is 5.02. The van der Waals surface area contributed by atoms with Crippen LogP contribution in [0.2, 0.25) is 0 Å². The molecule has 0 radical (unpaired) electrons. The van der Waals surface area contributed by atoms with E-state index in [-0.39, 0.29) is 36.0 Å². The number of carbonyl (C=O) groups excluding carboxylic acids is 1. The van der Waals surface area contributed by atoms with E-state index in [0.29, 0.717) is 17.2 Å². The molecule has 2 heterocycles. The number of amides is 1. The predicted octanol–water partition coefficient (Wildman–Crippen LogP) is 5.22. The van der Waals surface area contributed by atoms with E-state index >= 15 is 0 Å². The van der Waals surface area contributed by atoms with Gasteiger partial charge in [0.25, 0.3) is 5.56 Å². The summed E-state index contributed by atoms with van der Waals surface area (Å²) in [6, 6.07) is 7.94. The van der Waals surface area contributed by atoms with E-state index in [1.165, 1.54) is 37.4 Å². The van der Waals surface area contributed by atoms with Gasteiger partial charge in [0.15, 0.2) is 5.75 Å². The summed E-state index contributed by atoms with van der Waals surface area (Å²) in [7, 11) is 0. The van der Waals surface area contributed by atoms with Crippen LogP contribution in [0.5, 0.6) is 5.75 Å². The zero-order chi connectivity index (χ0) is 25.8. The van der Waals surface area contributed by atoms with Crippen molar-refractivity contribution in [3.05, 3.63) is 75.7 Å². The van der Waals surface area contributed by atoms with Gasteiger partial charge in [-0.2, -0.15) is 18.4 Å². The summed E-state index contributed by atoms with van der Waals surface area (Å²) in [5.74, 6) is -2.49. The van der Waals surface area contributed by atoms with Crippen molar-refractivity contribution in [2.75, 3.05) is 11.9 Å². The topological polar surface area (TPSA) is 108 Å². The van der Waals surface area contributed by atoms with Crippen molar-refractivity contribution < 1.29 is 27.1 Å². The maximum atomic E-state index is 14.7. The summed E-state index contributed by atoms with van der Waals surface area (Å²) >= 11 is 0. The van der Waals surface area contributed by atoms with Gasteiger partial charge in [0.1, 0.15) is 5.82 Å². The van der Waals surface area contributed by atoms with Crippen LogP contribution in [0, 0.1) is 17.1 Å². The van der Waals surface area contributed by atoms with Crippen molar-refractivity contribution in [3.8, 4) is 22.9 Å². The summed E-state index contributed by atoms with van der Waals surface area (Å²) in [5.41, 5.74) is -1.32. The third-order valence-corrected chi connectivity index (χ3v) is 5.02. The number of hydrogen-bond acceptors (Lipinski definition) is 5. The molecule has 190 valence electrons. The van der Waals surface area contributed by atoms with Crippen LogP contribution in [0.15, 0.2) is 47.5 Å². The molecule has 0 aliphatic rings. The van der Waals surface area contributed by atoms with Gasteiger partial charge in [-0.1, -0.05) is 12.1 Å². The fraction of sp³-hybridized carbons (Fsp3) is 0.250. The highest BCUT2D eigenvalue weighted by Crippen LogP contribution is 2.35. The number of nitrogens with one attached hydrogen (secondary N) is 2. The molecule has 2 N–H and O–H groups in total. The van der Waals surface area contributed by atoms with Gasteiger partial charge in [-0.15, -0.1) is 12.4 Å². The van der Waals surface area contributed by atoms with E-state index in [0.717, 1.165) is 6.20 Å². The normalized spacial score (nSPS) is 11.7. The van der Waals surface area contributed by atoms with E-state index < -0.39 is 47.1 Å². The standard InChI is InChI=1S/C24H20F4N4O3.ClH/c1-3-35-20-7-16(11-31-23(20)34)14-4-5-15(19(25)6-14)8-21(33)32-17-9-18(24(26,27)28)22(30-12-17)13(2)10-29;/h4-7,9,11-13H,3,8H2,1-2H3,(H,31,34)(H,32,33);1H. The van der Waals surface area contributed by atoms with Crippen LogP contribution >= 0.6 is 12.4 Å². The molecule has 1 aromatic carbocycles. The number of aromatic nitrogens is 2. The molecular weight excluding hydrogens is 504 g/mol. The number of nitriles is 1. The molecule has 3 aromatic rings. The highest BCUT2D eigenvalue weighted by molar-refractivity contribution is 5.92. The van der Waals surface area contributed by atoms with Crippen molar-refractivity contribution in [2.45, 2.75) is 32.4 Å². The molecule has 7 nitrogen and oxygen atoms in total. The fourth-order valence-corrected chi connectivity index (χ4v) is 3.32. The number of carbonyl (C=O) groups is 1. The van der Waals surface area contributed by atoms with E-state index in [1.54, 1.807) is 13.0 Å². The average molecular weight is 525 g/mol. The quantitative estimate of drug-likeness (QED) is 0.412. The summed E-state index contributed by atoms with van der Waals surface area (Å²) in [5, 5.41) is 11.2. The maximum Gasteiger partial charge on any atom is 0.418 e. The summed E-state index contributed by atoms with van der Waals surface area (Å²) in [6.45, 7) is 3.27. The van der Waals surface area contributed by atoms with Gasteiger partial charge in [0, 0.05) is 11.8 Å². The second-order valence-electron chi connectivity index (χ2n) is 7.55. The van der Waals surface area contributed by atoms with Crippen molar-refractivity contribution in [1.82, 2.24) is 9.97 Å². The van der Waals surface area contributed by atoms with Crippen LogP contribution in [0.3, 0.4) is 0 Å². The SMILES string of the molecule is CCOc1cc(-c2ccc(CC(=O)Nc3cnc(C(C)C#N)c(C(F)(F)F)c3)c(F)c2)c[nH]c1=O.Cl. The lowest BCUT2D eigenvalue weighted by atomic mass is 10.0. The first-order chi connectivity index (χ1) is 16.5. The first-order valence-corrected chi connectivity index (χ1v) is 10.4.